The van der Waals surface area contributed by atoms with Crippen LogP contribution in [0.1, 0.15) is 29.0 Å². The van der Waals surface area contributed by atoms with E-state index in [1.54, 1.807) is 6.20 Å². The molecule has 0 atom stereocenters. The second-order valence-corrected chi connectivity index (χ2v) is 4.87. The van der Waals surface area contributed by atoms with E-state index < -0.39 is 0 Å². The maximum absolute atomic E-state index is 11.8. The summed E-state index contributed by atoms with van der Waals surface area (Å²) in [5.41, 5.74) is 3.25. The molecule has 2 amide bonds. The fraction of sp³-hybridized carbons (Fsp3) is 0.357. The number of aromatic nitrogens is 2. The van der Waals surface area contributed by atoms with Crippen LogP contribution in [-0.4, -0.2) is 16.2 Å². The molecule has 2 heterocycles. The zero-order valence-corrected chi connectivity index (χ0v) is 11.3. The van der Waals surface area contributed by atoms with E-state index in [1.165, 1.54) is 5.56 Å². The predicted molar refractivity (Wildman–Crippen MR) is 73.4 cm³/mol. The molecule has 2 aromatic heterocycles. The van der Waals surface area contributed by atoms with Gasteiger partial charge in [0.05, 0.1) is 6.20 Å². The van der Waals surface area contributed by atoms with Crippen LogP contribution < -0.4 is 10.6 Å². The van der Waals surface area contributed by atoms with Crippen LogP contribution in [0.15, 0.2) is 22.9 Å². The quantitative estimate of drug-likeness (QED) is 0.897. The summed E-state index contributed by atoms with van der Waals surface area (Å²) in [6, 6.07) is 3.60. The van der Waals surface area contributed by atoms with Crippen LogP contribution in [0.3, 0.4) is 0 Å². The Morgan fingerprint density at radius 3 is 3.10 bits per heavy atom. The molecule has 6 nitrogen and oxygen atoms in total. The number of carbonyl (C=O) groups excluding carboxylic acids is 1. The smallest absolute Gasteiger partial charge is 0.320 e. The van der Waals surface area contributed by atoms with E-state index in [2.05, 4.69) is 20.8 Å². The minimum absolute atomic E-state index is 0.281. The number of aryl methyl sites for hydroxylation is 3. The molecule has 2 aromatic rings. The lowest BCUT2D eigenvalue weighted by molar-refractivity contribution is 0.251. The first-order valence-electron chi connectivity index (χ1n) is 6.66. The van der Waals surface area contributed by atoms with Gasteiger partial charge in [0, 0.05) is 17.8 Å². The van der Waals surface area contributed by atoms with E-state index in [0.29, 0.717) is 18.1 Å². The third kappa shape index (κ3) is 2.64. The van der Waals surface area contributed by atoms with Crippen molar-refractivity contribution < 1.29 is 9.32 Å². The number of urea groups is 1. The number of hydrogen-bond acceptors (Lipinski definition) is 4. The molecular weight excluding hydrogens is 256 g/mol. The van der Waals surface area contributed by atoms with E-state index in [4.69, 9.17) is 4.52 Å². The SMILES string of the molecule is Cc1oncc1CNC(=O)Nc1ccc2c(n1)CCC2. The summed E-state index contributed by atoms with van der Waals surface area (Å²) < 4.78 is 4.93. The lowest BCUT2D eigenvalue weighted by Gasteiger charge is -2.07. The van der Waals surface area contributed by atoms with Gasteiger partial charge in [-0.3, -0.25) is 5.32 Å². The Kier molecular flexibility index (Phi) is 3.37. The molecule has 0 saturated heterocycles. The minimum atomic E-state index is -0.281. The first-order valence-corrected chi connectivity index (χ1v) is 6.66. The van der Waals surface area contributed by atoms with Crippen LogP contribution in [-0.2, 0) is 19.4 Å². The number of rotatable bonds is 3. The maximum Gasteiger partial charge on any atom is 0.320 e. The highest BCUT2D eigenvalue weighted by molar-refractivity contribution is 5.88. The van der Waals surface area contributed by atoms with Gasteiger partial charge < -0.3 is 9.84 Å². The molecule has 0 radical (unpaired) electrons. The highest BCUT2D eigenvalue weighted by atomic mass is 16.5. The zero-order valence-electron chi connectivity index (χ0n) is 11.3. The van der Waals surface area contributed by atoms with E-state index >= 15 is 0 Å². The summed E-state index contributed by atoms with van der Waals surface area (Å²) in [5.74, 6) is 1.30. The summed E-state index contributed by atoms with van der Waals surface area (Å²) in [4.78, 5) is 16.3. The Hall–Kier alpha value is -2.37. The van der Waals surface area contributed by atoms with Crippen LogP contribution in [0.25, 0.3) is 0 Å². The molecule has 104 valence electrons. The minimum Gasteiger partial charge on any atom is -0.361 e. The third-order valence-corrected chi connectivity index (χ3v) is 3.46. The Morgan fingerprint density at radius 1 is 1.40 bits per heavy atom. The molecule has 0 unspecified atom stereocenters. The van der Waals surface area contributed by atoms with E-state index in [9.17, 15) is 4.79 Å². The zero-order chi connectivity index (χ0) is 13.9. The molecule has 0 fully saturated rings. The standard InChI is InChI=1S/C14H16N4O2/c1-9-11(8-16-20-9)7-15-14(19)18-13-6-5-10-3-2-4-12(10)17-13/h5-6,8H,2-4,7H2,1H3,(H2,15,17,18,19). The summed E-state index contributed by atoms with van der Waals surface area (Å²) >= 11 is 0. The molecule has 1 aliphatic rings. The van der Waals surface area contributed by atoms with E-state index in [-0.39, 0.29) is 6.03 Å². The molecular formula is C14H16N4O2. The number of nitrogens with one attached hydrogen (secondary N) is 2. The van der Waals surface area contributed by atoms with Gasteiger partial charge >= 0.3 is 6.03 Å². The van der Waals surface area contributed by atoms with Gasteiger partial charge in [-0.25, -0.2) is 9.78 Å². The van der Waals surface area contributed by atoms with Crippen molar-refractivity contribution in [2.75, 3.05) is 5.32 Å². The first-order chi connectivity index (χ1) is 9.72. The average Bonchev–Trinajstić information content (AvgIpc) is 3.04. The third-order valence-electron chi connectivity index (χ3n) is 3.46. The van der Waals surface area contributed by atoms with Crippen molar-refractivity contribution in [3.8, 4) is 0 Å². The van der Waals surface area contributed by atoms with Gasteiger partial charge in [-0.1, -0.05) is 11.2 Å². The average molecular weight is 272 g/mol. The Labute approximate surface area is 116 Å². The van der Waals surface area contributed by atoms with Gasteiger partial charge in [0.2, 0.25) is 0 Å². The van der Waals surface area contributed by atoms with Crippen molar-refractivity contribution in [3.63, 3.8) is 0 Å². The number of pyridine rings is 1. The van der Waals surface area contributed by atoms with Gasteiger partial charge in [-0.05, 0) is 37.8 Å². The summed E-state index contributed by atoms with van der Waals surface area (Å²) in [6.45, 7) is 2.19. The lowest BCUT2D eigenvalue weighted by atomic mass is 10.2. The van der Waals surface area contributed by atoms with Crippen LogP contribution in [0.5, 0.6) is 0 Å². The molecule has 0 spiro atoms. The van der Waals surface area contributed by atoms with E-state index in [1.807, 2.05) is 19.1 Å². The van der Waals surface area contributed by atoms with Crippen molar-refractivity contribution in [1.29, 1.82) is 0 Å². The van der Waals surface area contributed by atoms with Gasteiger partial charge in [0.1, 0.15) is 11.6 Å². The summed E-state index contributed by atoms with van der Waals surface area (Å²) in [7, 11) is 0. The predicted octanol–water partition coefficient (Wildman–Crippen LogP) is 2.19. The molecule has 3 rings (SSSR count). The van der Waals surface area contributed by atoms with Crippen LogP contribution in [0, 0.1) is 6.92 Å². The summed E-state index contributed by atoms with van der Waals surface area (Å²) in [6.07, 6.45) is 4.82. The number of nitrogens with zero attached hydrogens (tertiary/aromatic N) is 2. The molecule has 1 aliphatic carbocycles. The number of amides is 2. The molecule has 20 heavy (non-hydrogen) atoms. The van der Waals surface area contributed by atoms with Gasteiger partial charge in [0.25, 0.3) is 0 Å². The van der Waals surface area contributed by atoms with Gasteiger partial charge in [0.15, 0.2) is 0 Å². The molecule has 2 N–H and O–H groups in total. The number of fused-ring (bicyclic) bond motifs is 1. The number of hydrogen-bond donors (Lipinski definition) is 2. The van der Waals surface area contributed by atoms with Crippen molar-refractivity contribution in [2.24, 2.45) is 0 Å². The highest BCUT2D eigenvalue weighted by Gasteiger charge is 2.13. The maximum atomic E-state index is 11.8. The number of carbonyl (C=O) groups is 1. The molecule has 0 aromatic carbocycles. The molecule has 0 bridgehead atoms. The topological polar surface area (TPSA) is 80.0 Å². The Bertz CT molecular complexity index is 636. The van der Waals surface area contributed by atoms with Crippen LogP contribution in [0.4, 0.5) is 10.6 Å². The van der Waals surface area contributed by atoms with Crippen molar-refractivity contribution in [3.05, 3.63) is 40.9 Å². The summed E-state index contributed by atoms with van der Waals surface area (Å²) in [5, 5.41) is 9.16. The van der Waals surface area contributed by atoms with Gasteiger partial charge in [-0.15, -0.1) is 0 Å². The molecule has 6 heteroatoms. The molecule has 0 saturated carbocycles. The second-order valence-electron chi connectivity index (χ2n) is 4.87. The Balaban J connectivity index is 1.58. The Morgan fingerprint density at radius 2 is 2.30 bits per heavy atom. The monoisotopic (exact) mass is 272 g/mol. The molecule has 0 aliphatic heterocycles. The lowest BCUT2D eigenvalue weighted by Crippen LogP contribution is -2.28. The fourth-order valence-electron chi connectivity index (χ4n) is 2.31. The normalized spacial score (nSPS) is 13.1. The van der Waals surface area contributed by atoms with Gasteiger partial charge in [-0.2, -0.15) is 0 Å². The first kappa shape index (κ1) is 12.7. The largest absolute Gasteiger partial charge is 0.361 e. The van der Waals surface area contributed by atoms with Crippen LogP contribution in [0.2, 0.25) is 0 Å². The number of anilines is 1. The van der Waals surface area contributed by atoms with Crippen molar-refractivity contribution in [1.82, 2.24) is 15.5 Å². The van der Waals surface area contributed by atoms with Crippen molar-refractivity contribution >= 4 is 11.8 Å². The fourth-order valence-corrected chi connectivity index (χ4v) is 2.31. The van der Waals surface area contributed by atoms with Crippen molar-refractivity contribution in [2.45, 2.75) is 32.7 Å². The van der Waals surface area contributed by atoms with E-state index in [0.717, 1.165) is 30.5 Å². The highest BCUT2D eigenvalue weighted by Crippen LogP contribution is 2.21. The van der Waals surface area contributed by atoms with Crippen LogP contribution >= 0.6 is 0 Å². The second kappa shape index (κ2) is 5.32.